The minimum Gasteiger partial charge on any atom is -0.459 e. The second-order valence-corrected chi connectivity index (χ2v) is 8.94. The van der Waals surface area contributed by atoms with Crippen LogP contribution in [0, 0.1) is 0 Å². The van der Waals surface area contributed by atoms with Crippen LogP contribution in [0.3, 0.4) is 0 Å². The molecule has 1 rings (SSSR count). The first-order valence-electron chi connectivity index (χ1n) is 14.0. The van der Waals surface area contributed by atoms with Crippen LogP contribution in [0.5, 0.6) is 5.75 Å². The Morgan fingerprint density at radius 1 is 0.750 bits per heavy atom. The second kappa shape index (κ2) is 23.0. The van der Waals surface area contributed by atoms with Gasteiger partial charge in [0.05, 0.1) is 0 Å². The maximum absolute atomic E-state index is 12.3. The van der Waals surface area contributed by atoms with Crippen molar-refractivity contribution in [2.75, 3.05) is 6.61 Å². The van der Waals surface area contributed by atoms with Crippen LogP contribution in [0.15, 0.2) is 97.2 Å². The summed E-state index contributed by atoms with van der Waals surface area (Å²) < 4.78 is 15.5. The molecule has 0 aliphatic carbocycles. The predicted octanol–water partition coefficient (Wildman–Crippen LogP) is 8.18. The highest BCUT2D eigenvalue weighted by Crippen LogP contribution is 2.19. The second-order valence-electron chi connectivity index (χ2n) is 8.94. The third-order valence-electron chi connectivity index (χ3n) is 5.25. The van der Waals surface area contributed by atoms with Crippen molar-refractivity contribution in [3.8, 4) is 5.75 Å². The van der Waals surface area contributed by atoms with Crippen molar-refractivity contribution < 1.29 is 28.6 Å². The van der Waals surface area contributed by atoms with Crippen molar-refractivity contribution in [3.63, 3.8) is 0 Å². The number of esters is 3. The van der Waals surface area contributed by atoms with Gasteiger partial charge in [0, 0.05) is 13.3 Å². The number of allylic oxidation sites excluding steroid dienone is 12. The quantitative estimate of drug-likeness (QED) is 0.0985. The number of hydrogen-bond donors (Lipinski definition) is 0. The van der Waals surface area contributed by atoms with Crippen molar-refractivity contribution in [1.82, 2.24) is 0 Å². The highest BCUT2D eigenvalue weighted by atomic mass is 16.6. The van der Waals surface area contributed by atoms with E-state index in [0.717, 1.165) is 38.5 Å². The van der Waals surface area contributed by atoms with Crippen LogP contribution in [0.1, 0.15) is 82.5 Å². The van der Waals surface area contributed by atoms with Gasteiger partial charge in [-0.05, 0) is 64.0 Å². The molecule has 0 N–H and O–H groups in total. The first-order chi connectivity index (χ1) is 19.4. The molecule has 0 spiro atoms. The zero-order valence-corrected chi connectivity index (χ0v) is 24.1. The fraction of sp³-hybridized carbons (Fsp3) is 0.382. The molecule has 1 unspecified atom stereocenters. The summed E-state index contributed by atoms with van der Waals surface area (Å²) >= 11 is 0. The molecule has 0 aliphatic heterocycles. The fourth-order valence-corrected chi connectivity index (χ4v) is 3.31. The van der Waals surface area contributed by atoms with E-state index in [1.54, 1.807) is 19.1 Å². The van der Waals surface area contributed by atoms with Gasteiger partial charge in [0.2, 0.25) is 0 Å². The van der Waals surface area contributed by atoms with Gasteiger partial charge in [-0.2, -0.15) is 0 Å². The van der Waals surface area contributed by atoms with E-state index >= 15 is 0 Å². The SMILES string of the molecule is CCC=CCC=CCC=CCC=CCC=CCC=CCCC(=O)OC(C)COC(=O)c1ccccc1OC(C)=O. The Labute approximate surface area is 239 Å². The summed E-state index contributed by atoms with van der Waals surface area (Å²) in [6.45, 7) is 4.95. The maximum atomic E-state index is 12.3. The minimum absolute atomic E-state index is 0.0983. The molecule has 1 aromatic rings. The van der Waals surface area contributed by atoms with E-state index in [1.165, 1.54) is 19.1 Å². The third-order valence-corrected chi connectivity index (χ3v) is 5.25. The van der Waals surface area contributed by atoms with E-state index < -0.39 is 18.0 Å². The fourth-order valence-electron chi connectivity index (χ4n) is 3.31. The Morgan fingerprint density at radius 3 is 1.77 bits per heavy atom. The summed E-state index contributed by atoms with van der Waals surface area (Å²) in [5.74, 6) is -1.42. The summed E-state index contributed by atoms with van der Waals surface area (Å²) in [7, 11) is 0. The van der Waals surface area contributed by atoms with Gasteiger partial charge in [0.25, 0.3) is 0 Å². The monoisotopic (exact) mass is 548 g/mol. The molecule has 0 heterocycles. The van der Waals surface area contributed by atoms with E-state index in [1.807, 2.05) is 12.2 Å². The largest absolute Gasteiger partial charge is 0.459 e. The average Bonchev–Trinajstić information content (AvgIpc) is 2.93. The molecule has 0 aromatic heterocycles. The zero-order chi connectivity index (χ0) is 29.3. The summed E-state index contributed by atoms with van der Waals surface area (Å²) in [5.41, 5.74) is 0.133. The molecule has 0 saturated carbocycles. The minimum atomic E-state index is -0.655. The van der Waals surface area contributed by atoms with Gasteiger partial charge in [-0.15, -0.1) is 0 Å². The zero-order valence-electron chi connectivity index (χ0n) is 24.1. The van der Waals surface area contributed by atoms with Gasteiger partial charge in [-0.3, -0.25) is 9.59 Å². The Bertz CT molecular complexity index is 1060. The van der Waals surface area contributed by atoms with Gasteiger partial charge in [-0.1, -0.05) is 92.0 Å². The molecular formula is C34H44O6. The van der Waals surface area contributed by atoms with Crippen LogP contribution >= 0.6 is 0 Å². The first-order valence-corrected chi connectivity index (χ1v) is 14.0. The van der Waals surface area contributed by atoms with E-state index in [-0.39, 0.29) is 30.3 Å². The molecular weight excluding hydrogens is 504 g/mol. The molecule has 0 aliphatic rings. The summed E-state index contributed by atoms with van der Waals surface area (Å²) in [4.78, 5) is 35.6. The molecule has 40 heavy (non-hydrogen) atoms. The highest BCUT2D eigenvalue weighted by molar-refractivity contribution is 5.93. The summed E-state index contributed by atoms with van der Waals surface area (Å²) in [6, 6.07) is 6.30. The summed E-state index contributed by atoms with van der Waals surface area (Å²) in [6.07, 6.45) is 31.6. The summed E-state index contributed by atoms with van der Waals surface area (Å²) in [5, 5.41) is 0. The number of hydrogen-bond acceptors (Lipinski definition) is 6. The van der Waals surface area contributed by atoms with Crippen molar-refractivity contribution in [1.29, 1.82) is 0 Å². The lowest BCUT2D eigenvalue weighted by Crippen LogP contribution is -2.22. The molecule has 0 bridgehead atoms. The lowest BCUT2D eigenvalue weighted by atomic mass is 10.2. The van der Waals surface area contributed by atoms with Crippen LogP contribution in [-0.4, -0.2) is 30.6 Å². The highest BCUT2D eigenvalue weighted by Gasteiger charge is 2.17. The first kappa shape index (κ1) is 34.1. The molecule has 0 fully saturated rings. The number of rotatable bonds is 19. The van der Waals surface area contributed by atoms with Gasteiger partial charge in [-0.25, -0.2) is 4.79 Å². The van der Waals surface area contributed by atoms with Crippen LogP contribution < -0.4 is 4.74 Å². The Hall–Kier alpha value is -3.93. The predicted molar refractivity (Wildman–Crippen MR) is 161 cm³/mol. The van der Waals surface area contributed by atoms with Crippen molar-refractivity contribution >= 4 is 17.9 Å². The molecule has 0 saturated heterocycles. The maximum Gasteiger partial charge on any atom is 0.342 e. The smallest absolute Gasteiger partial charge is 0.342 e. The molecule has 216 valence electrons. The molecule has 0 amide bonds. The van der Waals surface area contributed by atoms with Crippen LogP contribution in [0.4, 0.5) is 0 Å². The molecule has 0 radical (unpaired) electrons. The molecule has 6 nitrogen and oxygen atoms in total. The number of carbonyl (C=O) groups excluding carboxylic acids is 3. The Morgan fingerprint density at radius 2 is 1.25 bits per heavy atom. The standard InChI is InChI=1S/C34H44O6/c1-4-5-6-7-8-9-10-11-12-13-14-15-16-17-18-19-20-21-22-27-33(36)39-29(2)28-38-34(37)31-25-23-24-26-32(31)40-30(3)35/h5-6,8-9,11-12,14-15,17-18,20-21,23-26,29H,4,7,10,13,16,19,22,27-28H2,1-3H3. The van der Waals surface area contributed by atoms with E-state index in [9.17, 15) is 14.4 Å². The molecule has 6 heteroatoms. The van der Waals surface area contributed by atoms with Gasteiger partial charge >= 0.3 is 17.9 Å². The lowest BCUT2D eigenvalue weighted by Gasteiger charge is -2.14. The van der Waals surface area contributed by atoms with Gasteiger partial charge < -0.3 is 14.2 Å². The number of para-hydroxylation sites is 1. The van der Waals surface area contributed by atoms with Crippen LogP contribution in [0.25, 0.3) is 0 Å². The number of benzene rings is 1. The normalized spacial score (nSPS) is 12.9. The topological polar surface area (TPSA) is 78.9 Å². The third kappa shape index (κ3) is 18.3. The van der Waals surface area contributed by atoms with E-state index in [0.29, 0.717) is 6.42 Å². The number of ether oxygens (including phenoxy) is 3. The molecule has 1 atom stereocenters. The van der Waals surface area contributed by atoms with Crippen molar-refractivity contribution in [3.05, 3.63) is 103 Å². The van der Waals surface area contributed by atoms with Gasteiger partial charge in [0.15, 0.2) is 0 Å². The van der Waals surface area contributed by atoms with Gasteiger partial charge in [0.1, 0.15) is 24.0 Å². The van der Waals surface area contributed by atoms with Crippen LogP contribution in [-0.2, 0) is 19.1 Å². The average molecular weight is 549 g/mol. The van der Waals surface area contributed by atoms with Crippen molar-refractivity contribution in [2.24, 2.45) is 0 Å². The van der Waals surface area contributed by atoms with Crippen LogP contribution in [0.2, 0.25) is 0 Å². The lowest BCUT2D eigenvalue weighted by molar-refractivity contribution is -0.150. The Kier molecular flexibility index (Phi) is 19.6. The van der Waals surface area contributed by atoms with E-state index in [2.05, 4.69) is 67.7 Å². The van der Waals surface area contributed by atoms with E-state index in [4.69, 9.17) is 14.2 Å². The van der Waals surface area contributed by atoms with Crippen molar-refractivity contribution in [2.45, 2.75) is 78.2 Å². The Balaban J connectivity index is 2.13. The molecule has 1 aromatic carbocycles. The number of carbonyl (C=O) groups is 3.